The molecule has 0 aliphatic heterocycles. The highest BCUT2D eigenvalue weighted by Crippen LogP contribution is 2.26. The predicted molar refractivity (Wildman–Crippen MR) is 164 cm³/mol. The van der Waals surface area contributed by atoms with E-state index in [2.05, 4.69) is 20.6 Å². The monoisotopic (exact) mass is 598 g/mol. The van der Waals surface area contributed by atoms with E-state index in [9.17, 15) is 19.2 Å². The first-order chi connectivity index (χ1) is 21.4. The smallest absolute Gasteiger partial charge is 0.356 e. The summed E-state index contributed by atoms with van der Waals surface area (Å²) in [7, 11) is 3.22. The van der Waals surface area contributed by atoms with Gasteiger partial charge in [-0.25, -0.2) is 9.59 Å². The Morgan fingerprint density at radius 3 is 1.45 bits per heavy atom. The van der Waals surface area contributed by atoms with Gasteiger partial charge >= 0.3 is 11.9 Å². The van der Waals surface area contributed by atoms with Crippen LogP contribution in [-0.2, 0) is 41.7 Å². The molecule has 228 valence electrons. The van der Waals surface area contributed by atoms with Crippen LogP contribution in [0.25, 0.3) is 21.5 Å². The number of nitrogens with one attached hydrogen (secondary N) is 2. The number of carbonyl (C=O) groups excluding carboxylic acids is 4. The third-order valence-corrected chi connectivity index (χ3v) is 6.95. The largest absolute Gasteiger partial charge is 0.497 e. The van der Waals surface area contributed by atoms with Crippen LogP contribution in [0.4, 0.5) is 0 Å². The van der Waals surface area contributed by atoms with Crippen LogP contribution in [0.3, 0.4) is 0 Å². The maximum Gasteiger partial charge on any atom is 0.356 e. The van der Waals surface area contributed by atoms with Crippen molar-refractivity contribution >= 4 is 45.3 Å². The lowest BCUT2D eigenvalue weighted by Crippen LogP contribution is -2.27. The number of benzene rings is 4. The molecule has 0 saturated heterocycles. The molecule has 4 rings (SSSR count). The van der Waals surface area contributed by atoms with Gasteiger partial charge in [0, 0.05) is 25.0 Å². The van der Waals surface area contributed by atoms with Gasteiger partial charge in [-0.3, -0.25) is 9.59 Å². The van der Waals surface area contributed by atoms with Crippen LogP contribution in [0, 0.1) is 0 Å². The minimum Gasteiger partial charge on any atom is -0.497 e. The number of hydroxylamine groups is 2. The Bertz CT molecular complexity index is 1560. The molecule has 10 heteroatoms. The molecule has 4 aromatic rings. The van der Waals surface area contributed by atoms with Gasteiger partial charge in [-0.2, -0.15) is 11.0 Å². The van der Waals surface area contributed by atoms with E-state index in [-0.39, 0.29) is 12.8 Å². The molecular weight excluding hydrogens is 564 g/mol. The minimum atomic E-state index is -0.977. The van der Waals surface area contributed by atoms with Crippen molar-refractivity contribution in [3.63, 3.8) is 0 Å². The molecule has 2 N–H and O–H groups in total. The van der Waals surface area contributed by atoms with E-state index in [0.29, 0.717) is 25.7 Å². The van der Waals surface area contributed by atoms with Gasteiger partial charge in [0.25, 0.3) is 11.8 Å². The third kappa shape index (κ3) is 9.06. The summed E-state index contributed by atoms with van der Waals surface area (Å²) >= 11 is 0. The zero-order chi connectivity index (χ0) is 31.3. The Balaban J connectivity index is 1.11. The second-order valence-corrected chi connectivity index (χ2v) is 9.94. The van der Waals surface area contributed by atoms with Crippen molar-refractivity contribution < 1.29 is 38.3 Å². The second-order valence-electron chi connectivity index (χ2n) is 9.94. The van der Waals surface area contributed by atoms with E-state index < -0.39 is 23.8 Å². The Kier molecular flexibility index (Phi) is 11.3. The van der Waals surface area contributed by atoms with Gasteiger partial charge in [0.2, 0.25) is 0 Å². The number of methoxy groups -OCH3 is 2. The zero-order valence-corrected chi connectivity index (χ0v) is 24.6. The molecule has 4 aromatic carbocycles. The molecule has 0 bridgehead atoms. The van der Waals surface area contributed by atoms with Crippen LogP contribution in [0.5, 0.6) is 11.5 Å². The van der Waals surface area contributed by atoms with E-state index in [1.54, 1.807) is 14.2 Å². The summed E-state index contributed by atoms with van der Waals surface area (Å²) in [5.74, 6) is -1.42. The van der Waals surface area contributed by atoms with Crippen molar-refractivity contribution in [2.75, 3.05) is 14.2 Å². The first kappa shape index (κ1) is 31.6. The quantitative estimate of drug-likeness (QED) is 0.171. The molecule has 0 saturated carbocycles. The molecule has 44 heavy (non-hydrogen) atoms. The van der Waals surface area contributed by atoms with Gasteiger partial charge in [0.15, 0.2) is 0 Å². The number of amides is 2. The minimum absolute atomic E-state index is 0.125. The third-order valence-electron chi connectivity index (χ3n) is 6.95. The molecule has 0 radical (unpaired) electrons. The molecule has 0 unspecified atom stereocenters. The second kappa shape index (κ2) is 15.7. The van der Waals surface area contributed by atoms with E-state index in [1.807, 2.05) is 72.8 Å². The van der Waals surface area contributed by atoms with E-state index in [4.69, 9.17) is 9.47 Å². The average molecular weight is 599 g/mol. The summed E-state index contributed by atoms with van der Waals surface area (Å²) in [6.45, 7) is 0. The molecule has 0 aromatic heterocycles. The number of aryl methyl sites for hydroxylation is 2. The number of fused-ring (bicyclic) bond motifs is 2. The number of hydrogen-bond donors (Lipinski definition) is 2. The highest BCUT2D eigenvalue weighted by atomic mass is 16.7. The van der Waals surface area contributed by atoms with Gasteiger partial charge < -0.3 is 19.1 Å². The highest BCUT2D eigenvalue weighted by molar-refractivity contribution is 5.93. The van der Waals surface area contributed by atoms with Crippen molar-refractivity contribution in [2.24, 2.45) is 0 Å². The van der Waals surface area contributed by atoms with Crippen LogP contribution in [0.1, 0.15) is 36.8 Å². The van der Waals surface area contributed by atoms with Gasteiger partial charge in [-0.1, -0.05) is 48.5 Å². The summed E-state index contributed by atoms with van der Waals surface area (Å²) < 4.78 is 10.6. The lowest BCUT2D eigenvalue weighted by molar-refractivity contribution is -0.155. The average Bonchev–Trinajstić information content (AvgIpc) is 3.05. The number of ether oxygens (including phenoxy) is 2. The van der Waals surface area contributed by atoms with E-state index >= 15 is 0 Å². The van der Waals surface area contributed by atoms with Gasteiger partial charge in [0.1, 0.15) is 11.5 Å². The van der Waals surface area contributed by atoms with Gasteiger partial charge in [-0.05, 0) is 82.6 Å². The topological polar surface area (TPSA) is 129 Å². The summed E-state index contributed by atoms with van der Waals surface area (Å²) in [6.07, 6.45) is 4.15. The van der Waals surface area contributed by atoms with Crippen LogP contribution in [0.15, 0.2) is 84.9 Å². The predicted octanol–water partition coefficient (Wildman–Crippen LogP) is 5.06. The lowest BCUT2D eigenvalue weighted by atomic mass is 10.00. The van der Waals surface area contributed by atoms with Crippen molar-refractivity contribution in [1.29, 1.82) is 0 Å². The number of hydrogen-bond acceptors (Lipinski definition) is 8. The SMILES string of the molecule is COc1ccc2cccc(CCCC(=O)NOC(=O)/C=C\C(=O)ONC(=O)CCCc3cccc4ccc(OC)cc34)c2c1. The maximum absolute atomic E-state index is 12.1. The standard InChI is InChI=1S/C34H34N2O8/c1-41-27-17-15-25-9-3-7-23(29(25)21-27)11-5-13-31(37)35-43-33(39)19-20-34(40)44-36-32(38)14-6-12-24-8-4-10-26-16-18-28(42-2)22-30(24)26/h3-4,7-10,15-22H,5-6,11-14H2,1-2H3,(H,35,37)(H,36,38)/b20-19-. The van der Waals surface area contributed by atoms with Crippen molar-refractivity contribution in [3.05, 3.63) is 96.1 Å². The normalized spacial score (nSPS) is 10.9. The molecule has 0 aliphatic rings. The fraction of sp³-hybridized carbons (Fsp3) is 0.235. The van der Waals surface area contributed by atoms with Gasteiger partial charge in [0.05, 0.1) is 14.2 Å². The molecule has 0 aliphatic carbocycles. The first-order valence-corrected chi connectivity index (χ1v) is 14.1. The molecule has 0 fully saturated rings. The molecule has 2 amide bonds. The van der Waals surface area contributed by atoms with Crippen LogP contribution in [0.2, 0.25) is 0 Å². The lowest BCUT2D eigenvalue weighted by Gasteiger charge is -2.09. The Morgan fingerprint density at radius 1 is 0.614 bits per heavy atom. The van der Waals surface area contributed by atoms with E-state index in [1.165, 1.54) is 0 Å². The highest BCUT2D eigenvalue weighted by Gasteiger charge is 2.10. The Hall–Kier alpha value is -5.38. The molecule has 0 heterocycles. The summed E-state index contributed by atoms with van der Waals surface area (Å²) in [6, 6.07) is 23.6. The maximum atomic E-state index is 12.1. The first-order valence-electron chi connectivity index (χ1n) is 14.1. The zero-order valence-electron chi connectivity index (χ0n) is 24.6. The number of rotatable bonds is 12. The van der Waals surface area contributed by atoms with Crippen LogP contribution < -0.4 is 20.4 Å². The van der Waals surface area contributed by atoms with Gasteiger partial charge in [-0.15, -0.1) is 0 Å². The molecular formula is C34H34N2O8. The molecule has 10 nitrogen and oxygen atoms in total. The van der Waals surface area contributed by atoms with Crippen LogP contribution in [-0.4, -0.2) is 38.0 Å². The summed E-state index contributed by atoms with van der Waals surface area (Å²) in [5, 5.41) is 4.25. The Morgan fingerprint density at radius 2 is 1.05 bits per heavy atom. The Labute approximate surface area is 254 Å². The fourth-order valence-corrected chi connectivity index (χ4v) is 4.72. The van der Waals surface area contributed by atoms with Crippen LogP contribution >= 0.6 is 0 Å². The van der Waals surface area contributed by atoms with E-state index in [0.717, 1.165) is 56.3 Å². The van der Waals surface area contributed by atoms with Crippen molar-refractivity contribution in [2.45, 2.75) is 38.5 Å². The van der Waals surface area contributed by atoms with Crippen molar-refractivity contribution in [3.8, 4) is 11.5 Å². The van der Waals surface area contributed by atoms with Crippen molar-refractivity contribution in [1.82, 2.24) is 11.0 Å². The number of carbonyl (C=O) groups is 4. The summed E-state index contributed by atoms with van der Waals surface area (Å²) in [4.78, 5) is 57.3. The summed E-state index contributed by atoms with van der Waals surface area (Å²) in [5.41, 5.74) is 6.28. The molecule has 0 spiro atoms. The fourth-order valence-electron chi connectivity index (χ4n) is 4.72. The molecule has 0 atom stereocenters.